The molecule has 0 saturated carbocycles. The number of piperazine rings is 1. The van der Waals surface area contributed by atoms with E-state index in [1.165, 1.54) is 4.57 Å². The summed E-state index contributed by atoms with van der Waals surface area (Å²) >= 11 is 6.29. The number of likely N-dealkylation sites (N-methyl/N-ethyl adjacent to an activating group) is 1. The fourth-order valence-corrected chi connectivity index (χ4v) is 4.63. The number of aromatic nitrogens is 1. The largest absolute Gasteiger partial charge is 0.497 e. The molecule has 0 spiro atoms. The standard InChI is InChI=1S/C25H28ClN5O5/c1-27(2)10-15-30-21-9-6-18(26)16-20(21)22(23(25(30)33)31(34)35)28-11-13-29(14-12-28)24(32)17-4-7-19(36-3)8-5-17/h4-9,16H,10-15H2,1-3H3. The van der Waals surface area contributed by atoms with Crippen LogP contribution in [0.15, 0.2) is 47.3 Å². The van der Waals surface area contributed by atoms with E-state index < -0.39 is 16.2 Å². The molecule has 0 radical (unpaired) electrons. The summed E-state index contributed by atoms with van der Waals surface area (Å²) in [6, 6.07) is 12.0. The highest BCUT2D eigenvalue weighted by Crippen LogP contribution is 2.35. The number of nitro groups is 1. The summed E-state index contributed by atoms with van der Waals surface area (Å²) in [4.78, 5) is 43.3. The van der Waals surface area contributed by atoms with Crippen LogP contribution in [0.5, 0.6) is 5.75 Å². The Morgan fingerprint density at radius 1 is 1.11 bits per heavy atom. The quantitative estimate of drug-likeness (QED) is 0.353. The second kappa shape index (κ2) is 10.5. The third-order valence-electron chi connectivity index (χ3n) is 6.35. The van der Waals surface area contributed by atoms with Gasteiger partial charge in [-0.1, -0.05) is 11.6 Å². The number of pyridine rings is 1. The van der Waals surface area contributed by atoms with Crippen LogP contribution in [0.1, 0.15) is 10.4 Å². The molecular weight excluding hydrogens is 486 g/mol. The lowest BCUT2D eigenvalue weighted by Crippen LogP contribution is -2.49. The zero-order valence-electron chi connectivity index (χ0n) is 20.4. The van der Waals surface area contributed by atoms with E-state index in [9.17, 15) is 19.7 Å². The molecule has 1 aliphatic rings. The number of halogens is 1. The van der Waals surface area contributed by atoms with Crippen molar-refractivity contribution in [2.45, 2.75) is 6.54 Å². The minimum absolute atomic E-state index is 0.126. The van der Waals surface area contributed by atoms with Crippen molar-refractivity contribution in [2.75, 3.05) is 58.8 Å². The van der Waals surface area contributed by atoms with Crippen molar-refractivity contribution in [3.63, 3.8) is 0 Å². The van der Waals surface area contributed by atoms with Crippen LogP contribution in [0.2, 0.25) is 5.02 Å². The SMILES string of the molecule is COc1ccc(C(=O)N2CCN(c3c([N+](=O)[O-])c(=O)n(CCN(C)C)c4ccc(Cl)cc34)CC2)cc1. The topological polar surface area (TPSA) is 101 Å². The lowest BCUT2D eigenvalue weighted by atomic mass is 10.1. The van der Waals surface area contributed by atoms with Crippen LogP contribution in [-0.4, -0.2) is 79.1 Å². The lowest BCUT2D eigenvalue weighted by molar-refractivity contribution is -0.385. The van der Waals surface area contributed by atoms with Crippen LogP contribution < -0.4 is 15.2 Å². The zero-order chi connectivity index (χ0) is 26.0. The molecule has 1 saturated heterocycles. The van der Waals surface area contributed by atoms with E-state index in [1.54, 1.807) is 54.5 Å². The van der Waals surface area contributed by atoms with Crippen LogP contribution in [0.25, 0.3) is 10.9 Å². The first kappa shape index (κ1) is 25.5. The van der Waals surface area contributed by atoms with Crippen molar-refractivity contribution < 1.29 is 14.5 Å². The second-order valence-corrected chi connectivity index (χ2v) is 9.32. The van der Waals surface area contributed by atoms with Gasteiger partial charge in [0.1, 0.15) is 11.4 Å². The van der Waals surface area contributed by atoms with Crippen LogP contribution in [-0.2, 0) is 6.54 Å². The van der Waals surface area contributed by atoms with E-state index >= 15 is 0 Å². The number of fused-ring (bicyclic) bond motifs is 1. The van der Waals surface area contributed by atoms with Gasteiger partial charge in [0.25, 0.3) is 5.91 Å². The number of hydrogen-bond donors (Lipinski definition) is 0. The smallest absolute Gasteiger partial charge is 0.357 e. The van der Waals surface area contributed by atoms with Gasteiger partial charge in [-0.3, -0.25) is 19.7 Å². The number of nitrogens with zero attached hydrogens (tertiary/aromatic N) is 5. The molecule has 4 rings (SSSR count). The Bertz CT molecular complexity index is 1350. The number of hydrogen-bond acceptors (Lipinski definition) is 7. The summed E-state index contributed by atoms with van der Waals surface area (Å²) in [5, 5.41) is 13.1. The maximum absolute atomic E-state index is 13.4. The van der Waals surface area contributed by atoms with Gasteiger partial charge in [0.2, 0.25) is 0 Å². The van der Waals surface area contributed by atoms with Gasteiger partial charge < -0.3 is 24.0 Å². The van der Waals surface area contributed by atoms with Gasteiger partial charge in [0.15, 0.2) is 0 Å². The highest BCUT2D eigenvalue weighted by Gasteiger charge is 2.32. The number of methoxy groups -OCH3 is 1. The molecule has 190 valence electrons. The van der Waals surface area contributed by atoms with Gasteiger partial charge in [-0.25, -0.2) is 0 Å². The van der Waals surface area contributed by atoms with Gasteiger partial charge in [-0.15, -0.1) is 0 Å². The molecular formula is C25H28ClN5O5. The fraction of sp³-hybridized carbons (Fsp3) is 0.360. The number of carbonyl (C=O) groups is 1. The first-order valence-corrected chi connectivity index (χ1v) is 11.9. The summed E-state index contributed by atoms with van der Waals surface area (Å²) in [6.45, 7) is 2.23. The van der Waals surface area contributed by atoms with E-state index in [4.69, 9.17) is 16.3 Å². The molecule has 1 aliphatic heterocycles. The number of carbonyl (C=O) groups excluding carboxylic acids is 1. The van der Waals surface area contributed by atoms with E-state index in [1.807, 2.05) is 23.9 Å². The van der Waals surface area contributed by atoms with Gasteiger partial charge in [-0.05, 0) is 56.6 Å². The Hall–Kier alpha value is -3.63. The van der Waals surface area contributed by atoms with Gasteiger partial charge >= 0.3 is 11.2 Å². The Morgan fingerprint density at radius 2 is 1.78 bits per heavy atom. The zero-order valence-corrected chi connectivity index (χ0v) is 21.2. The molecule has 10 nitrogen and oxygen atoms in total. The summed E-state index contributed by atoms with van der Waals surface area (Å²) in [6.07, 6.45) is 0. The molecule has 2 heterocycles. The lowest BCUT2D eigenvalue weighted by Gasteiger charge is -2.36. The number of benzene rings is 2. The summed E-state index contributed by atoms with van der Waals surface area (Å²) < 4.78 is 6.59. The van der Waals surface area contributed by atoms with E-state index in [0.29, 0.717) is 66.5 Å². The summed E-state index contributed by atoms with van der Waals surface area (Å²) in [5.41, 5.74) is 0.251. The fourth-order valence-electron chi connectivity index (χ4n) is 4.46. The molecule has 1 fully saturated rings. The summed E-state index contributed by atoms with van der Waals surface area (Å²) in [5.74, 6) is 0.536. The minimum atomic E-state index is -0.650. The van der Waals surface area contributed by atoms with E-state index in [2.05, 4.69) is 0 Å². The van der Waals surface area contributed by atoms with Crippen molar-refractivity contribution >= 4 is 39.8 Å². The molecule has 0 aliphatic carbocycles. The van der Waals surface area contributed by atoms with Gasteiger partial charge in [-0.2, -0.15) is 0 Å². The third-order valence-corrected chi connectivity index (χ3v) is 6.59. The Balaban J connectivity index is 1.69. The average Bonchev–Trinajstić information content (AvgIpc) is 2.87. The highest BCUT2D eigenvalue weighted by atomic mass is 35.5. The molecule has 11 heteroatoms. The van der Waals surface area contributed by atoms with Gasteiger partial charge in [0, 0.05) is 55.2 Å². The molecule has 3 aromatic rings. The van der Waals surface area contributed by atoms with Crippen LogP contribution in [0.4, 0.5) is 11.4 Å². The Labute approximate surface area is 213 Å². The molecule has 0 bridgehead atoms. The average molecular weight is 514 g/mol. The molecule has 1 amide bonds. The van der Waals surface area contributed by atoms with Crippen molar-refractivity contribution in [3.8, 4) is 5.75 Å². The first-order valence-electron chi connectivity index (χ1n) is 11.5. The predicted molar refractivity (Wildman–Crippen MR) is 140 cm³/mol. The highest BCUT2D eigenvalue weighted by molar-refractivity contribution is 6.31. The summed E-state index contributed by atoms with van der Waals surface area (Å²) in [7, 11) is 5.31. The molecule has 0 unspecified atom stereocenters. The van der Waals surface area contributed by atoms with Crippen LogP contribution in [0.3, 0.4) is 0 Å². The monoisotopic (exact) mass is 513 g/mol. The Morgan fingerprint density at radius 3 is 2.36 bits per heavy atom. The molecule has 0 N–H and O–H groups in total. The molecule has 0 atom stereocenters. The van der Waals surface area contributed by atoms with E-state index in [-0.39, 0.29) is 11.6 Å². The van der Waals surface area contributed by atoms with Crippen molar-refractivity contribution in [2.24, 2.45) is 0 Å². The number of rotatable bonds is 7. The first-order chi connectivity index (χ1) is 17.2. The van der Waals surface area contributed by atoms with Crippen molar-refractivity contribution in [1.82, 2.24) is 14.4 Å². The van der Waals surface area contributed by atoms with Crippen molar-refractivity contribution in [3.05, 3.63) is 73.5 Å². The Kier molecular flexibility index (Phi) is 7.46. The normalized spacial score (nSPS) is 13.9. The number of amides is 1. The molecule has 2 aromatic carbocycles. The second-order valence-electron chi connectivity index (χ2n) is 8.88. The molecule has 1 aromatic heterocycles. The van der Waals surface area contributed by atoms with Crippen molar-refractivity contribution in [1.29, 1.82) is 0 Å². The van der Waals surface area contributed by atoms with E-state index in [0.717, 1.165) is 0 Å². The van der Waals surface area contributed by atoms with Gasteiger partial charge in [0.05, 0.1) is 17.5 Å². The minimum Gasteiger partial charge on any atom is -0.497 e. The number of anilines is 1. The predicted octanol–water partition coefficient (Wildman–Crippen LogP) is 3.10. The molecule has 36 heavy (non-hydrogen) atoms. The van der Waals surface area contributed by atoms with Crippen LogP contribution in [0, 0.1) is 10.1 Å². The maximum Gasteiger partial charge on any atom is 0.357 e. The maximum atomic E-state index is 13.4. The van der Waals surface area contributed by atoms with Crippen LogP contribution >= 0.6 is 11.6 Å². The number of ether oxygens (including phenoxy) is 1. The third kappa shape index (κ3) is 5.00.